The summed E-state index contributed by atoms with van der Waals surface area (Å²) in [6.45, 7) is 7.95. The Labute approximate surface area is 86.0 Å². The Morgan fingerprint density at radius 1 is 1.21 bits per heavy atom. The molecular formula is C12H19NO. The van der Waals surface area contributed by atoms with Gasteiger partial charge in [-0.3, -0.25) is 0 Å². The minimum absolute atomic E-state index is 0.0792. The van der Waals surface area contributed by atoms with Crippen molar-refractivity contribution in [2.24, 2.45) is 0 Å². The minimum Gasteiger partial charge on any atom is -0.391 e. The van der Waals surface area contributed by atoms with Crippen LogP contribution in [0.15, 0.2) is 18.2 Å². The molecule has 0 aliphatic carbocycles. The Morgan fingerprint density at radius 3 is 2.43 bits per heavy atom. The van der Waals surface area contributed by atoms with Crippen LogP contribution in [0.25, 0.3) is 0 Å². The summed E-state index contributed by atoms with van der Waals surface area (Å²) >= 11 is 0. The summed E-state index contributed by atoms with van der Waals surface area (Å²) in [5, 5.41) is 12.7. The lowest BCUT2D eigenvalue weighted by molar-refractivity contribution is 0.178. The standard InChI is InChI=1S/C12H19NO/c1-8-6-5-7-12(9(8)2)13-10(3)11(4)14/h5-7,10-11,13-14H,1-4H3. The number of hydrogen-bond donors (Lipinski definition) is 2. The predicted octanol–water partition coefficient (Wildman–Crippen LogP) is 2.48. The van der Waals surface area contributed by atoms with Crippen LogP contribution in [-0.2, 0) is 0 Å². The number of hydrogen-bond acceptors (Lipinski definition) is 2. The molecule has 2 unspecified atom stereocenters. The molecule has 0 saturated heterocycles. The van der Waals surface area contributed by atoms with Gasteiger partial charge in [0.2, 0.25) is 0 Å². The van der Waals surface area contributed by atoms with Crippen molar-refractivity contribution in [2.75, 3.05) is 5.32 Å². The lowest BCUT2D eigenvalue weighted by Crippen LogP contribution is -2.28. The summed E-state index contributed by atoms with van der Waals surface area (Å²) < 4.78 is 0. The largest absolute Gasteiger partial charge is 0.391 e. The van der Waals surface area contributed by atoms with Crippen molar-refractivity contribution in [3.8, 4) is 0 Å². The van der Waals surface area contributed by atoms with E-state index in [1.165, 1.54) is 11.1 Å². The van der Waals surface area contributed by atoms with Crippen LogP contribution < -0.4 is 5.32 Å². The van der Waals surface area contributed by atoms with Crippen LogP contribution in [0.5, 0.6) is 0 Å². The van der Waals surface area contributed by atoms with E-state index in [4.69, 9.17) is 0 Å². The first-order chi connectivity index (χ1) is 6.52. The molecule has 0 aliphatic heterocycles. The number of rotatable bonds is 3. The SMILES string of the molecule is Cc1cccc(NC(C)C(C)O)c1C. The highest BCUT2D eigenvalue weighted by atomic mass is 16.3. The van der Waals surface area contributed by atoms with Crippen LogP contribution in [-0.4, -0.2) is 17.3 Å². The van der Waals surface area contributed by atoms with E-state index < -0.39 is 0 Å². The van der Waals surface area contributed by atoms with Crippen molar-refractivity contribution in [3.05, 3.63) is 29.3 Å². The smallest absolute Gasteiger partial charge is 0.0710 e. The molecule has 0 aliphatic rings. The van der Waals surface area contributed by atoms with Crippen LogP contribution in [0.4, 0.5) is 5.69 Å². The highest BCUT2D eigenvalue weighted by molar-refractivity contribution is 5.54. The fourth-order valence-electron chi connectivity index (χ4n) is 1.27. The van der Waals surface area contributed by atoms with Crippen molar-refractivity contribution in [2.45, 2.75) is 39.8 Å². The van der Waals surface area contributed by atoms with Crippen LogP contribution in [0.1, 0.15) is 25.0 Å². The monoisotopic (exact) mass is 193 g/mol. The fraction of sp³-hybridized carbons (Fsp3) is 0.500. The molecule has 0 bridgehead atoms. The molecule has 2 N–H and O–H groups in total. The van der Waals surface area contributed by atoms with Crippen LogP contribution in [0.2, 0.25) is 0 Å². The lowest BCUT2D eigenvalue weighted by Gasteiger charge is -2.20. The Morgan fingerprint density at radius 2 is 1.86 bits per heavy atom. The van der Waals surface area contributed by atoms with Gasteiger partial charge in [0.25, 0.3) is 0 Å². The third-order valence-electron chi connectivity index (χ3n) is 2.71. The van der Waals surface area contributed by atoms with Gasteiger partial charge in [-0.2, -0.15) is 0 Å². The number of anilines is 1. The molecule has 1 aromatic rings. The summed E-state index contributed by atoms with van der Waals surface area (Å²) in [7, 11) is 0. The van der Waals surface area contributed by atoms with Gasteiger partial charge in [0.05, 0.1) is 6.10 Å². The van der Waals surface area contributed by atoms with Crippen LogP contribution in [0, 0.1) is 13.8 Å². The predicted molar refractivity (Wildman–Crippen MR) is 60.7 cm³/mol. The minimum atomic E-state index is -0.338. The zero-order valence-corrected chi connectivity index (χ0v) is 9.33. The molecule has 1 rings (SSSR count). The van der Waals surface area contributed by atoms with Gasteiger partial charge in [0, 0.05) is 11.7 Å². The summed E-state index contributed by atoms with van der Waals surface area (Å²) in [4.78, 5) is 0. The topological polar surface area (TPSA) is 32.3 Å². The highest BCUT2D eigenvalue weighted by Gasteiger charge is 2.09. The van der Waals surface area contributed by atoms with E-state index in [9.17, 15) is 5.11 Å². The number of benzene rings is 1. The molecule has 0 aromatic heterocycles. The number of aliphatic hydroxyl groups excluding tert-OH is 1. The highest BCUT2D eigenvalue weighted by Crippen LogP contribution is 2.19. The van der Waals surface area contributed by atoms with Crippen molar-refractivity contribution < 1.29 is 5.11 Å². The van der Waals surface area contributed by atoms with E-state index >= 15 is 0 Å². The maximum Gasteiger partial charge on any atom is 0.0710 e. The maximum absolute atomic E-state index is 9.38. The number of aryl methyl sites for hydroxylation is 1. The van der Waals surface area contributed by atoms with Gasteiger partial charge in [-0.05, 0) is 44.9 Å². The van der Waals surface area contributed by atoms with Gasteiger partial charge in [0.1, 0.15) is 0 Å². The number of nitrogens with one attached hydrogen (secondary N) is 1. The molecule has 14 heavy (non-hydrogen) atoms. The third-order valence-corrected chi connectivity index (χ3v) is 2.71. The van der Waals surface area contributed by atoms with E-state index in [0.717, 1.165) is 5.69 Å². The van der Waals surface area contributed by atoms with E-state index in [0.29, 0.717) is 0 Å². The Kier molecular flexibility index (Phi) is 3.53. The van der Waals surface area contributed by atoms with Gasteiger partial charge >= 0.3 is 0 Å². The van der Waals surface area contributed by atoms with E-state index in [1.54, 1.807) is 6.92 Å². The first-order valence-corrected chi connectivity index (χ1v) is 5.03. The third kappa shape index (κ3) is 2.48. The molecule has 0 spiro atoms. The molecule has 1 aromatic carbocycles. The van der Waals surface area contributed by atoms with Crippen molar-refractivity contribution in [1.82, 2.24) is 0 Å². The first-order valence-electron chi connectivity index (χ1n) is 5.03. The van der Waals surface area contributed by atoms with Crippen molar-refractivity contribution >= 4 is 5.69 Å². The summed E-state index contributed by atoms with van der Waals surface area (Å²) in [5.41, 5.74) is 3.63. The van der Waals surface area contributed by atoms with Gasteiger partial charge in [0.15, 0.2) is 0 Å². The zero-order valence-electron chi connectivity index (χ0n) is 9.33. The fourth-order valence-corrected chi connectivity index (χ4v) is 1.27. The van der Waals surface area contributed by atoms with Gasteiger partial charge in [-0.25, -0.2) is 0 Å². The maximum atomic E-state index is 9.38. The second-order valence-corrected chi connectivity index (χ2v) is 3.92. The molecule has 0 amide bonds. The summed E-state index contributed by atoms with van der Waals surface area (Å²) in [6, 6.07) is 6.24. The van der Waals surface area contributed by atoms with Crippen molar-refractivity contribution in [3.63, 3.8) is 0 Å². The van der Waals surface area contributed by atoms with Crippen LogP contribution in [0.3, 0.4) is 0 Å². The summed E-state index contributed by atoms with van der Waals surface area (Å²) in [5.74, 6) is 0. The zero-order chi connectivity index (χ0) is 10.7. The van der Waals surface area contributed by atoms with E-state index in [2.05, 4.69) is 25.2 Å². The number of aliphatic hydroxyl groups is 1. The quantitative estimate of drug-likeness (QED) is 0.773. The molecule has 0 fully saturated rings. The van der Waals surface area contributed by atoms with Crippen molar-refractivity contribution in [1.29, 1.82) is 0 Å². The van der Waals surface area contributed by atoms with E-state index in [-0.39, 0.29) is 12.1 Å². The van der Waals surface area contributed by atoms with Crippen LogP contribution >= 0.6 is 0 Å². The average Bonchev–Trinajstić information content (AvgIpc) is 2.12. The van der Waals surface area contributed by atoms with Gasteiger partial charge in [-0.15, -0.1) is 0 Å². The Hall–Kier alpha value is -1.02. The first kappa shape index (κ1) is 11.1. The molecule has 0 heterocycles. The van der Waals surface area contributed by atoms with Gasteiger partial charge < -0.3 is 10.4 Å². The molecule has 2 atom stereocenters. The second kappa shape index (κ2) is 4.47. The summed E-state index contributed by atoms with van der Waals surface area (Å²) in [6.07, 6.45) is -0.338. The molecular weight excluding hydrogens is 174 g/mol. The molecule has 0 radical (unpaired) electrons. The normalized spacial score (nSPS) is 14.9. The lowest BCUT2D eigenvalue weighted by atomic mass is 10.1. The van der Waals surface area contributed by atoms with Gasteiger partial charge in [-0.1, -0.05) is 12.1 Å². The molecule has 2 nitrogen and oxygen atoms in total. The molecule has 2 heteroatoms. The average molecular weight is 193 g/mol. The van der Waals surface area contributed by atoms with E-state index in [1.807, 2.05) is 19.1 Å². The molecule has 0 saturated carbocycles. The second-order valence-electron chi connectivity index (χ2n) is 3.92. The Balaban J connectivity index is 2.82. The Bertz CT molecular complexity index is 307. The molecule has 78 valence electrons.